The summed E-state index contributed by atoms with van der Waals surface area (Å²) in [5.74, 6) is 1.38. The number of carbonyl (C=O) groups is 1. The summed E-state index contributed by atoms with van der Waals surface area (Å²) in [6.07, 6.45) is 7.11. The van der Waals surface area contributed by atoms with E-state index in [1.54, 1.807) is 24.3 Å². The lowest BCUT2D eigenvalue weighted by molar-refractivity contribution is -0.122. The van der Waals surface area contributed by atoms with Gasteiger partial charge in [0.05, 0.1) is 18.5 Å². The van der Waals surface area contributed by atoms with Crippen molar-refractivity contribution in [2.24, 2.45) is 5.92 Å². The summed E-state index contributed by atoms with van der Waals surface area (Å²) in [5.41, 5.74) is 0.423. The molecule has 2 aliphatic rings. The Hall–Kier alpha value is -2.62. The number of nitrogens with one attached hydrogen (secondary N) is 2. The van der Waals surface area contributed by atoms with Crippen LogP contribution in [0.5, 0.6) is 5.75 Å². The van der Waals surface area contributed by atoms with E-state index in [4.69, 9.17) is 4.74 Å². The minimum Gasteiger partial charge on any atom is -0.476 e. The van der Waals surface area contributed by atoms with E-state index in [9.17, 15) is 13.2 Å². The molecule has 29 heavy (non-hydrogen) atoms. The van der Waals surface area contributed by atoms with Gasteiger partial charge in [-0.15, -0.1) is 5.10 Å². The molecule has 2 N–H and O–H groups in total. The number of H-pyrrole nitrogens is 1. The lowest BCUT2D eigenvalue weighted by atomic mass is 9.87. The third kappa shape index (κ3) is 4.52. The molecule has 4 rings (SSSR count). The molecule has 1 amide bonds. The number of nitrogens with zero attached hydrogens (tertiary/aromatic N) is 3. The highest BCUT2D eigenvalue weighted by Crippen LogP contribution is 2.34. The number of sulfonamides is 1. The van der Waals surface area contributed by atoms with E-state index in [1.165, 1.54) is 36.4 Å². The Balaban J connectivity index is 1.44. The number of aromatic amines is 1. The van der Waals surface area contributed by atoms with Crippen molar-refractivity contribution in [2.45, 2.75) is 44.6 Å². The molecule has 0 radical (unpaired) electrons. The standard InChI is InChI=1S/C19H25N5O4S/c1-29(26,27)24-12-16(28-15-10-6-5-9-14(15)24)18(25)21-19-20-17(22-23-19)11-13-7-3-2-4-8-13/h5-6,9-10,13,16H,2-4,7-8,11-12H2,1H3,(H2,20,21,22,23,25). The maximum Gasteiger partial charge on any atom is 0.269 e. The summed E-state index contributed by atoms with van der Waals surface area (Å²) in [6, 6.07) is 6.74. The summed E-state index contributed by atoms with van der Waals surface area (Å²) in [6.45, 7) is -0.110. The first kappa shape index (κ1) is 19.7. The lowest BCUT2D eigenvalue weighted by Crippen LogP contribution is -2.48. The van der Waals surface area contributed by atoms with Gasteiger partial charge in [0.2, 0.25) is 16.0 Å². The van der Waals surface area contributed by atoms with Gasteiger partial charge in [-0.1, -0.05) is 44.2 Å². The van der Waals surface area contributed by atoms with Gasteiger partial charge in [0.1, 0.15) is 11.6 Å². The molecule has 156 valence electrons. The summed E-state index contributed by atoms with van der Waals surface area (Å²) in [5, 5.41) is 9.59. The predicted octanol–water partition coefficient (Wildman–Crippen LogP) is 2.09. The van der Waals surface area contributed by atoms with Crippen molar-refractivity contribution >= 4 is 27.6 Å². The maximum absolute atomic E-state index is 12.7. The molecule has 0 spiro atoms. The Kier molecular flexibility index (Phi) is 5.44. The van der Waals surface area contributed by atoms with E-state index >= 15 is 0 Å². The predicted molar refractivity (Wildman–Crippen MR) is 108 cm³/mol. The van der Waals surface area contributed by atoms with E-state index in [0.29, 0.717) is 17.4 Å². The number of carbonyl (C=O) groups excluding carboxylic acids is 1. The third-order valence-corrected chi connectivity index (χ3v) is 6.55. The number of rotatable bonds is 5. The Morgan fingerprint density at radius 3 is 2.79 bits per heavy atom. The number of hydrogen-bond donors (Lipinski definition) is 2. The Morgan fingerprint density at radius 1 is 1.28 bits per heavy atom. The number of amides is 1. The van der Waals surface area contributed by atoms with Gasteiger partial charge in [-0.2, -0.15) is 4.98 Å². The molecular weight excluding hydrogens is 394 g/mol. The summed E-state index contributed by atoms with van der Waals surface area (Å²) >= 11 is 0. The fraction of sp³-hybridized carbons (Fsp3) is 0.526. The van der Waals surface area contributed by atoms with Crippen molar-refractivity contribution < 1.29 is 17.9 Å². The van der Waals surface area contributed by atoms with Crippen LogP contribution >= 0.6 is 0 Å². The number of aromatic nitrogens is 3. The highest BCUT2D eigenvalue weighted by molar-refractivity contribution is 7.92. The average molecular weight is 420 g/mol. The lowest BCUT2D eigenvalue weighted by Gasteiger charge is -2.33. The van der Waals surface area contributed by atoms with Crippen LogP contribution in [0.4, 0.5) is 11.6 Å². The fourth-order valence-electron chi connectivity index (χ4n) is 3.95. The van der Waals surface area contributed by atoms with Gasteiger partial charge in [0.25, 0.3) is 5.91 Å². The number of anilines is 2. The molecule has 0 saturated heterocycles. The van der Waals surface area contributed by atoms with Crippen LogP contribution in [0.1, 0.15) is 37.9 Å². The second-order valence-electron chi connectivity index (χ2n) is 7.67. The summed E-state index contributed by atoms with van der Waals surface area (Å²) in [4.78, 5) is 17.1. The molecule has 1 aliphatic heterocycles. The van der Waals surface area contributed by atoms with Crippen LogP contribution in [-0.2, 0) is 21.2 Å². The molecule has 9 nitrogen and oxygen atoms in total. The van der Waals surface area contributed by atoms with Gasteiger partial charge < -0.3 is 4.74 Å². The van der Waals surface area contributed by atoms with Gasteiger partial charge >= 0.3 is 0 Å². The van der Waals surface area contributed by atoms with E-state index in [2.05, 4.69) is 20.5 Å². The highest BCUT2D eigenvalue weighted by Gasteiger charge is 2.35. The molecule has 1 atom stereocenters. The molecule has 1 aromatic heterocycles. The van der Waals surface area contributed by atoms with Crippen LogP contribution in [0.3, 0.4) is 0 Å². The number of fused-ring (bicyclic) bond motifs is 1. The van der Waals surface area contributed by atoms with Crippen LogP contribution in [0.2, 0.25) is 0 Å². The quantitative estimate of drug-likeness (QED) is 0.766. The molecular formula is C19H25N5O4S. The SMILES string of the molecule is CS(=O)(=O)N1CC(C(=O)Nc2n[nH]c(CC3CCCCC3)n2)Oc2ccccc21. The van der Waals surface area contributed by atoms with Gasteiger partial charge in [-0.25, -0.2) is 8.42 Å². The van der Waals surface area contributed by atoms with Crippen LogP contribution in [0, 0.1) is 5.92 Å². The van der Waals surface area contributed by atoms with E-state index in [0.717, 1.165) is 18.5 Å². The zero-order chi connectivity index (χ0) is 20.4. The Morgan fingerprint density at radius 2 is 2.03 bits per heavy atom. The van der Waals surface area contributed by atoms with Crippen molar-refractivity contribution in [3.63, 3.8) is 0 Å². The van der Waals surface area contributed by atoms with Crippen molar-refractivity contribution in [3.8, 4) is 5.75 Å². The Labute approximate surface area is 169 Å². The fourth-order valence-corrected chi connectivity index (χ4v) is 4.87. The summed E-state index contributed by atoms with van der Waals surface area (Å²) in [7, 11) is -3.55. The zero-order valence-electron chi connectivity index (χ0n) is 16.3. The smallest absolute Gasteiger partial charge is 0.269 e. The topological polar surface area (TPSA) is 117 Å². The second kappa shape index (κ2) is 8.02. The first-order chi connectivity index (χ1) is 13.9. The number of ether oxygens (including phenoxy) is 1. The molecule has 1 aromatic carbocycles. The van der Waals surface area contributed by atoms with Crippen LogP contribution in [0.25, 0.3) is 0 Å². The van der Waals surface area contributed by atoms with Crippen LogP contribution in [0.15, 0.2) is 24.3 Å². The molecule has 2 aromatic rings. The molecule has 2 heterocycles. The number of para-hydroxylation sites is 2. The molecule has 1 unspecified atom stereocenters. The number of benzene rings is 1. The first-order valence-corrected chi connectivity index (χ1v) is 11.7. The Bertz CT molecular complexity index is 984. The van der Waals surface area contributed by atoms with Crippen LogP contribution < -0.4 is 14.4 Å². The minimum absolute atomic E-state index is 0.110. The molecule has 1 aliphatic carbocycles. The average Bonchev–Trinajstić information content (AvgIpc) is 3.13. The van der Waals surface area contributed by atoms with Crippen molar-refractivity contribution in [3.05, 3.63) is 30.1 Å². The van der Waals surface area contributed by atoms with E-state index in [-0.39, 0.29) is 12.5 Å². The van der Waals surface area contributed by atoms with Crippen LogP contribution in [-0.4, -0.2) is 48.4 Å². The van der Waals surface area contributed by atoms with Gasteiger partial charge in [0, 0.05) is 6.42 Å². The maximum atomic E-state index is 12.7. The largest absolute Gasteiger partial charge is 0.476 e. The number of hydrogen-bond acceptors (Lipinski definition) is 6. The van der Waals surface area contributed by atoms with Crippen molar-refractivity contribution in [1.82, 2.24) is 15.2 Å². The van der Waals surface area contributed by atoms with Crippen molar-refractivity contribution in [1.29, 1.82) is 0 Å². The first-order valence-electron chi connectivity index (χ1n) is 9.85. The molecule has 0 bridgehead atoms. The monoisotopic (exact) mass is 419 g/mol. The molecule has 1 saturated carbocycles. The van der Waals surface area contributed by atoms with E-state index < -0.39 is 22.0 Å². The summed E-state index contributed by atoms with van der Waals surface area (Å²) < 4.78 is 31.3. The molecule has 10 heteroatoms. The third-order valence-electron chi connectivity index (χ3n) is 5.40. The minimum atomic E-state index is -3.55. The van der Waals surface area contributed by atoms with E-state index in [1.807, 2.05) is 0 Å². The molecule has 1 fully saturated rings. The van der Waals surface area contributed by atoms with Gasteiger partial charge in [0.15, 0.2) is 6.10 Å². The van der Waals surface area contributed by atoms with Crippen molar-refractivity contribution in [2.75, 3.05) is 22.4 Å². The normalized spacial score (nSPS) is 20.0. The van der Waals surface area contributed by atoms with Gasteiger partial charge in [-0.3, -0.25) is 19.5 Å². The second-order valence-corrected chi connectivity index (χ2v) is 9.58. The van der Waals surface area contributed by atoms with Gasteiger partial charge in [-0.05, 0) is 18.1 Å². The zero-order valence-corrected chi connectivity index (χ0v) is 17.1. The highest BCUT2D eigenvalue weighted by atomic mass is 32.2.